The molecular weight excluding hydrogens is 354 g/mol. The monoisotopic (exact) mass is 377 g/mol. The van der Waals surface area contributed by atoms with E-state index in [1.54, 1.807) is 11.3 Å². The molecule has 1 N–H and O–H groups in total. The minimum atomic E-state index is -0.0174. The largest absolute Gasteiger partial charge is 0.342 e. The minimum Gasteiger partial charge on any atom is -0.342 e. The summed E-state index contributed by atoms with van der Waals surface area (Å²) in [7, 11) is 0. The maximum atomic E-state index is 12.4. The summed E-state index contributed by atoms with van der Waals surface area (Å²) < 4.78 is 0. The van der Waals surface area contributed by atoms with Crippen molar-refractivity contribution in [2.45, 2.75) is 44.8 Å². The summed E-state index contributed by atoms with van der Waals surface area (Å²) in [4.78, 5) is 36.5. The average molecular weight is 378 g/mol. The number of rotatable bonds is 4. The smallest absolute Gasteiger partial charge is 0.259 e. The molecule has 0 aromatic carbocycles. The molecule has 1 aliphatic carbocycles. The Labute approximate surface area is 155 Å². The fourth-order valence-corrected chi connectivity index (χ4v) is 5.93. The first kappa shape index (κ1) is 17.1. The summed E-state index contributed by atoms with van der Waals surface area (Å²) in [6.45, 7) is 3.96. The summed E-state index contributed by atoms with van der Waals surface area (Å²) in [5, 5.41) is 0.796. The Morgan fingerprint density at radius 3 is 3.12 bits per heavy atom. The predicted octanol–water partition coefficient (Wildman–Crippen LogP) is 2.97. The molecule has 1 amide bonds. The van der Waals surface area contributed by atoms with E-state index in [0.29, 0.717) is 23.2 Å². The van der Waals surface area contributed by atoms with E-state index in [-0.39, 0.29) is 11.5 Å². The van der Waals surface area contributed by atoms with Crippen molar-refractivity contribution in [3.8, 4) is 0 Å². The fraction of sp³-hybridized carbons (Fsp3) is 0.611. The molecule has 25 heavy (non-hydrogen) atoms. The highest BCUT2D eigenvalue weighted by molar-refractivity contribution is 7.99. The Morgan fingerprint density at radius 2 is 2.28 bits per heavy atom. The number of thioether (sulfide) groups is 1. The number of aryl methyl sites for hydroxylation is 2. The zero-order valence-corrected chi connectivity index (χ0v) is 16.1. The lowest BCUT2D eigenvalue weighted by molar-refractivity contribution is -0.130. The quantitative estimate of drug-likeness (QED) is 0.890. The van der Waals surface area contributed by atoms with Crippen molar-refractivity contribution in [2.75, 3.05) is 18.8 Å². The van der Waals surface area contributed by atoms with Gasteiger partial charge in [-0.1, -0.05) is 6.92 Å². The van der Waals surface area contributed by atoms with E-state index in [9.17, 15) is 9.59 Å². The molecule has 1 atom stereocenters. The Hall–Kier alpha value is -1.34. The van der Waals surface area contributed by atoms with Crippen LogP contribution in [0.3, 0.4) is 0 Å². The van der Waals surface area contributed by atoms with Gasteiger partial charge in [0.05, 0.1) is 16.9 Å². The molecule has 5 nitrogen and oxygen atoms in total. The number of carbonyl (C=O) groups is 1. The van der Waals surface area contributed by atoms with Crippen LogP contribution in [0, 0.1) is 5.92 Å². The van der Waals surface area contributed by atoms with Gasteiger partial charge in [-0.3, -0.25) is 9.59 Å². The molecular formula is C18H23N3O2S2. The number of thiophene rings is 1. The van der Waals surface area contributed by atoms with Gasteiger partial charge in [0.2, 0.25) is 5.91 Å². The van der Waals surface area contributed by atoms with Crippen LogP contribution in [0.2, 0.25) is 0 Å². The molecule has 1 aliphatic heterocycles. The first-order chi connectivity index (χ1) is 12.1. The summed E-state index contributed by atoms with van der Waals surface area (Å²) in [5.74, 6) is 2.51. The summed E-state index contributed by atoms with van der Waals surface area (Å²) in [5.41, 5.74) is 1.19. The van der Waals surface area contributed by atoms with E-state index < -0.39 is 0 Å². The molecule has 2 aromatic heterocycles. The second-order valence-electron chi connectivity index (χ2n) is 7.13. The number of aromatic amines is 1. The van der Waals surface area contributed by atoms with E-state index in [4.69, 9.17) is 0 Å². The maximum absolute atomic E-state index is 12.4. The molecule has 0 radical (unpaired) electrons. The number of H-pyrrole nitrogens is 1. The van der Waals surface area contributed by atoms with Crippen LogP contribution >= 0.6 is 23.1 Å². The van der Waals surface area contributed by atoms with Gasteiger partial charge in [-0.25, -0.2) is 4.98 Å². The lowest BCUT2D eigenvalue weighted by Gasteiger charge is -2.30. The average Bonchev–Trinajstić information content (AvgIpc) is 3.15. The molecule has 2 aliphatic rings. The SMILES string of the molecule is CC1CCCN(C(=O)CSCc2nc3sc4c(c3c(=O)[nH]2)CCC4)C1. The molecule has 1 fully saturated rings. The van der Waals surface area contributed by atoms with Gasteiger partial charge in [0, 0.05) is 18.0 Å². The fourth-order valence-electron chi connectivity index (χ4n) is 3.86. The van der Waals surface area contributed by atoms with E-state index in [1.807, 2.05) is 4.90 Å². The molecule has 0 spiro atoms. The highest BCUT2D eigenvalue weighted by Crippen LogP contribution is 2.34. The van der Waals surface area contributed by atoms with E-state index in [1.165, 1.54) is 28.6 Å². The first-order valence-corrected chi connectivity index (χ1v) is 11.0. The van der Waals surface area contributed by atoms with Gasteiger partial charge in [0.1, 0.15) is 10.7 Å². The van der Waals surface area contributed by atoms with Crippen molar-refractivity contribution in [3.05, 3.63) is 26.6 Å². The van der Waals surface area contributed by atoms with Gasteiger partial charge in [0.25, 0.3) is 5.56 Å². The van der Waals surface area contributed by atoms with Gasteiger partial charge >= 0.3 is 0 Å². The van der Waals surface area contributed by atoms with Crippen LogP contribution in [-0.4, -0.2) is 39.6 Å². The molecule has 3 heterocycles. The number of aromatic nitrogens is 2. The van der Waals surface area contributed by atoms with Crippen LogP contribution in [0.1, 0.15) is 42.5 Å². The predicted molar refractivity (Wildman–Crippen MR) is 103 cm³/mol. The van der Waals surface area contributed by atoms with Gasteiger partial charge in [-0.15, -0.1) is 23.1 Å². The van der Waals surface area contributed by atoms with Gasteiger partial charge < -0.3 is 9.88 Å². The molecule has 0 saturated carbocycles. The minimum absolute atomic E-state index is 0.0174. The van der Waals surface area contributed by atoms with E-state index >= 15 is 0 Å². The number of hydrogen-bond donors (Lipinski definition) is 1. The highest BCUT2D eigenvalue weighted by atomic mass is 32.2. The third-order valence-electron chi connectivity index (χ3n) is 5.10. The number of piperidine rings is 1. The van der Waals surface area contributed by atoms with Crippen LogP contribution in [-0.2, 0) is 23.4 Å². The summed E-state index contributed by atoms with van der Waals surface area (Å²) in [6, 6.07) is 0. The van der Waals surface area contributed by atoms with Crippen molar-refractivity contribution in [3.63, 3.8) is 0 Å². The zero-order valence-electron chi connectivity index (χ0n) is 14.5. The second kappa shape index (κ2) is 7.11. The van der Waals surface area contributed by atoms with Gasteiger partial charge in [0.15, 0.2) is 0 Å². The van der Waals surface area contributed by atoms with Gasteiger partial charge in [-0.2, -0.15) is 0 Å². The Morgan fingerprint density at radius 1 is 1.40 bits per heavy atom. The molecule has 7 heteroatoms. The number of hydrogen-bond acceptors (Lipinski definition) is 5. The van der Waals surface area contributed by atoms with Crippen molar-refractivity contribution in [2.24, 2.45) is 5.92 Å². The molecule has 0 bridgehead atoms. The van der Waals surface area contributed by atoms with E-state index in [0.717, 1.165) is 49.0 Å². The Balaban J connectivity index is 1.40. The number of carbonyl (C=O) groups excluding carboxylic acids is 1. The number of amides is 1. The van der Waals surface area contributed by atoms with Gasteiger partial charge in [-0.05, 0) is 43.6 Å². The van der Waals surface area contributed by atoms with Crippen LogP contribution in [0.5, 0.6) is 0 Å². The van der Waals surface area contributed by atoms with E-state index in [2.05, 4.69) is 16.9 Å². The molecule has 134 valence electrons. The highest BCUT2D eigenvalue weighted by Gasteiger charge is 2.22. The lowest BCUT2D eigenvalue weighted by Crippen LogP contribution is -2.40. The third-order valence-corrected chi connectivity index (χ3v) is 7.21. The Kier molecular flexibility index (Phi) is 4.86. The summed E-state index contributed by atoms with van der Waals surface area (Å²) >= 11 is 3.20. The topological polar surface area (TPSA) is 66.1 Å². The third kappa shape index (κ3) is 3.49. The normalized spacial score (nSPS) is 20.2. The lowest BCUT2D eigenvalue weighted by atomic mass is 10.0. The zero-order chi connectivity index (χ0) is 17.4. The number of likely N-dealkylation sites (tertiary alicyclic amines) is 1. The number of fused-ring (bicyclic) bond motifs is 3. The molecule has 4 rings (SSSR count). The van der Waals surface area contributed by atoms with Crippen molar-refractivity contribution in [1.29, 1.82) is 0 Å². The second-order valence-corrected chi connectivity index (χ2v) is 9.20. The van der Waals surface area contributed by atoms with Crippen LogP contribution in [0.25, 0.3) is 10.2 Å². The first-order valence-electron chi connectivity index (χ1n) is 9.01. The Bertz CT molecular complexity index is 858. The standard InChI is InChI=1S/C18H23N3O2S2/c1-11-4-3-7-21(8-11)15(22)10-24-9-14-19-17(23)16-12-5-2-6-13(12)25-18(16)20-14/h11H,2-10H2,1H3,(H,19,20,23). The summed E-state index contributed by atoms with van der Waals surface area (Å²) in [6.07, 6.45) is 5.53. The van der Waals surface area contributed by atoms with Crippen LogP contribution in [0.15, 0.2) is 4.79 Å². The van der Waals surface area contributed by atoms with Crippen LogP contribution < -0.4 is 5.56 Å². The molecule has 1 saturated heterocycles. The molecule has 2 aromatic rings. The van der Waals surface area contributed by atoms with Crippen LogP contribution in [0.4, 0.5) is 0 Å². The van der Waals surface area contributed by atoms with Crippen molar-refractivity contribution in [1.82, 2.24) is 14.9 Å². The number of nitrogens with zero attached hydrogens (tertiary/aromatic N) is 2. The molecule has 1 unspecified atom stereocenters. The number of nitrogens with one attached hydrogen (secondary N) is 1. The maximum Gasteiger partial charge on any atom is 0.259 e. The van der Waals surface area contributed by atoms with Crippen molar-refractivity contribution < 1.29 is 4.79 Å². The van der Waals surface area contributed by atoms with Crippen molar-refractivity contribution >= 4 is 39.2 Å².